The Morgan fingerprint density at radius 2 is 2.00 bits per heavy atom. The normalized spacial score (nSPS) is 11.1. The van der Waals surface area contributed by atoms with Crippen LogP contribution in [-0.4, -0.2) is 20.5 Å². The molecule has 0 aliphatic heterocycles. The van der Waals surface area contributed by atoms with Gasteiger partial charge in [-0.3, -0.25) is 9.52 Å². The standard InChI is InChI=1S/C9H12N2O3S/c1-6(12)7-3-4-9(8(10)5-7)11-15(2,13)14/h3-5,11H,10H2,1-2H3. The third kappa shape index (κ3) is 3.25. The van der Waals surface area contributed by atoms with Crippen molar-refractivity contribution in [3.05, 3.63) is 23.8 Å². The van der Waals surface area contributed by atoms with Crippen LogP contribution in [0.25, 0.3) is 0 Å². The van der Waals surface area contributed by atoms with E-state index in [-0.39, 0.29) is 17.2 Å². The van der Waals surface area contributed by atoms with E-state index in [1.807, 2.05) is 0 Å². The maximum atomic E-state index is 11.0. The Balaban J connectivity index is 3.09. The molecule has 0 fully saturated rings. The zero-order valence-corrected chi connectivity index (χ0v) is 9.26. The number of carbonyl (C=O) groups is 1. The highest BCUT2D eigenvalue weighted by Gasteiger charge is 2.07. The van der Waals surface area contributed by atoms with E-state index in [9.17, 15) is 13.2 Å². The lowest BCUT2D eigenvalue weighted by Gasteiger charge is -2.07. The highest BCUT2D eigenvalue weighted by Crippen LogP contribution is 2.20. The first kappa shape index (κ1) is 11.5. The molecule has 0 saturated carbocycles. The fourth-order valence-electron chi connectivity index (χ4n) is 1.07. The summed E-state index contributed by atoms with van der Waals surface area (Å²) < 4.78 is 24.1. The Labute approximate surface area is 88.3 Å². The van der Waals surface area contributed by atoms with Gasteiger partial charge in [-0.05, 0) is 25.1 Å². The number of nitrogen functional groups attached to an aromatic ring is 1. The third-order valence-corrected chi connectivity index (χ3v) is 2.34. The van der Waals surface area contributed by atoms with Gasteiger partial charge in [-0.25, -0.2) is 8.42 Å². The van der Waals surface area contributed by atoms with Gasteiger partial charge in [-0.1, -0.05) is 0 Å². The Bertz CT molecular complexity index is 494. The second-order valence-electron chi connectivity index (χ2n) is 3.23. The number of sulfonamides is 1. The zero-order valence-electron chi connectivity index (χ0n) is 8.44. The van der Waals surface area contributed by atoms with Gasteiger partial charge in [-0.15, -0.1) is 0 Å². The number of nitrogens with two attached hydrogens (primary N) is 1. The second kappa shape index (κ2) is 3.90. The van der Waals surface area contributed by atoms with Gasteiger partial charge in [0.2, 0.25) is 10.0 Å². The SMILES string of the molecule is CC(=O)c1ccc(NS(C)(=O)=O)c(N)c1. The summed E-state index contributed by atoms with van der Waals surface area (Å²) in [5.74, 6) is -0.118. The van der Waals surface area contributed by atoms with Gasteiger partial charge >= 0.3 is 0 Å². The maximum absolute atomic E-state index is 11.0. The Morgan fingerprint density at radius 3 is 2.40 bits per heavy atom. The van der Waals surface area contributed by atoms with E-state index in [0.717, 1.165) is 6.26 Å². The van der Waals surface area contributed by atoms with Gasteiger partial charge in [0.05, 0.1) is 17.6 Å². The topological polar surface area (TPSA) is 89.3 Å². The van der Waals surface area contributed by atoms with Crippen LogP contribution < -0.4 is 10.5 Å². The van der Waals surface area contributed by atoms with Crippen LogP contribution in [0, 0.1) is 0 Å². The highest BCUT2D eigenvalue weighted by atomic mass is 32.2. The predicted molar refractivity (Wildman–Crippen MR) is 59.3 cm³/mol. The van der Waals surface area contributed by atoms with E-state index in [1.165, 1.54) is 25.1 Å². The largest absolute Gasteiger partial charge is 0.397 e. The van der Waals surface area contributed by atoms with Crippen LogP contribution in [0.1, 0.15) is 17.3 Å². The molecule has 0 heterocycles. The number of benzene rings is 1. The van der Waals surface area contributed by atoms with E-state index in [0.29, 0.717) is 5.56 Å². The number of ketones is 1. The van der Waals surface area contributed by atoms with Crippen molar-refractivity contribution in [2.45, 2.75) is 6.92 Å². The van der Waals surface area contributed by atoms with Crippen LogP contribution in [0.2, 0.25) is 0 Å². The number of Topliss-reactive ketones (excluding diaryl/α,β-unsaturated/α-hetero) is 1. The van der Waals surface area contributed by atoms with Gasteiger partial charge in [0, 0.05) is 5.56 Å². The molecular weight excluding hydrogens is 216 g/mol. The summed E-state index contributed by atoms with van der Waals surface area (Å²) in [6.07, 6.45) is 1.03. The third-order valence-electron chi connectivity index (χ3n) is 1.75. The molecule has 82 valence electrons. The van der Waals surface area contributed by atoms with Crippen LogP contribution in [-0.2, 0) is 10.0 Å². The van der Waals surface area contributed by atoms with Crippen LogP contribution in [0.3, 0.4) is 0 Å². The van der Waals surface area contributed by atoms with Crippen molar-refractivity contribution >= 4 is 27.2 Å². The molecular formula is C9H12N2O3S. The lowest BCUT2D eigenvalue weighted by molar-refractivity contribution is 0.101. The summed E-state index contributed by atoms with van der Waals surface area (Å²) in [5, 5.41) is 0. The molecule has 0 bridgehead atoms. The molecule has 0 atom stereocenters. The molecule has 0 aliphatic carbocycles. The molecule has 0 saturated heterocycles. The summed E-state index contributed by atoms with van der Waals surface area (Å²) in [4.78, 5) is 11.0. The Morgan fingerprint density at radius 1 is 1.40 bits per heavy atom. The summed E-state index contributed by atoms with van der Waals surface area (Å²) in [5.41, 5.74) is 6.55. The number of hydrogen-bond acceptors (Lipinski definition) is 4. The lowest BCUT2D eigenvalue weighted by Crippen LogP contribution is -2.11. The molecule has 0 aliphatic rings. The summed E-state index contributed by atoms with van der Waals surface area (Å²) in [6, 6.07) is 4.43. The quantitative estimate of drug-likeness (QED) is 0.592. The van der Waals surface area contributed by atoms with Crippen LogP contribution in [0.15, 0.2) is 18.2 Å². The fraction of sp³-hybridized carbons (Fsp3) is 0.222. The molecule has 0 radical (unpaired) electrons. The average molecular weight is 228 g/mol. The van der Waals surface area contributed by atoms with Gasteiger partial charge in [0.25, 0.3) is 0 Å². The second-order valence-corrected chi connectivity index (χ2v) is 4.98. The molecule has 6 heteroatoms. The summed E-state index contributed by atoms with van der Waals surface area (Å²) >= 11 is 0. The van der Waals surface area contributed by atoms with Crippen molar-refractivity contribution in [3.63, 3.8) is 0 Å². The fourth-order valence-corrected chi connectivity index (χ4v) is 1.66. The van der Waals surface area contributed by atoms with E-state index in [1.54, 1.807) is 0 Å². The van der Waals surface area contributed by atoms with E-state index >= 15 is 0 Å². The van der Waals surface area contributed by atoms with Crippen molar-refractivity contribution in [3.8, 4) is 0 Å². The summed E-state index contributed by atoms with van der Waals surface area (Å²) in [6.45, 7) is 1.42. The molecule has 15 heavy (non-hydrogen) atoms. The van der Waals surface area contributed by atoms with Crippen molar-refractivity contribution in [1.82, 2.24) is 0 Å². The minimum atomic E-state index is -3.35. The van der Waals surface area contributed by atoms with Crippen molar-refractivity contribution in [1.29, 1.82) is 0 Å². The van der Waals surface area contributed by atoms with Crippen LogP contribution in [0.4, 0.5) is 11.4 Å². The van der Waals surface area contributed by atoms with E-state index < -0.39 is 10.0 Å². The molecule has 0 unspecified atom stereocenters. The molecule has 0 amide bonds. The molecule has 5 nitrogen and oxygen atoms in total. The van der Waals surface area contributed by atoms with Crippen molar-refractivity contribution in [2.24, 2.45) is 0 Å². The smallest absolute Gasteiger partial charge is 0.229 e. The van der Waals surface area contributed by atoms with Crippen LogP contribution >= 0.6 is 0 Å². The molecule has 1 rings (SSSR count). The summed E-state index contributed by atoms with van der Waals surface area (Å²) in [7, 11) is -3.35. The van der Waals surface area contributed by atoms with E-state index in [4.69, 9.17) is 5.73 Å². The van der Waals surface area contributed by atoms with Crippen molar-refractivity contribution in [2.75, 3.05) is 16.7 Å². The zero-order chi connectivity index (χ0) is 11.6. The molecule has 0 aromatic heterocycles. The van der Waals surface area contributed by atoms with Gasteiger partial charge < -0.3 is 5.73 Å². The molecule has 0 spiro atoms. The van der Waals surface area contributed by atoms with Gasteiger partial charge in [0.15, 0.2) is 5.78 Å². The average Bonchev–Trinajstić information content (AvgIpc) is 2.05. The molecule has 1 aromatic rings. The predicted octanol–water partition coefficient (Wildman–Crippen LogP) is 0.843. The minimum Gasteiger partial charge on any atom is -0.397 e. The maximum Gasteiger partial charge on any atom is 0.229 e. The number of hydrogen-bond donors (Lipinski definition) is 2. The first-order valence-electron chi connectivity index (χ1n) is 4.18. The van der Waals surface area contributed by atoms with Gasteiger partial charge in [0.1, 0.15) is 0 Å². The van der Waals surface area contributed by atoms with Crippen LogP contribution in [0.5, 0.6) is 0 Å². The molecule has 3 N–H and O–H groups in total. The van der Waals surface area contributed by atoms with Gasteiger partial charge in [-0.2, -0.15) is 0 Å². The number of anilines is 2. The van der Waals surface area contributed by atoms with Crippen molar-refractivity contribution < 1.29 is 13.2 Å². The first-order chi connectivity index (χ1) is 6.79. The first-order valence-corrected chi connectivity index (χ1v) is 6.07. The monoisotopic (exact) mass is 228 g/mol. The Hall–Kier alpha value is -1.56. The van der Waals surface area contributed by atoms with E-state index in [2.05, 4.69) is 4.72 Å². The number of rotatable bonds is 3. The number of carbonyl (C=O) groups excluding carboxylic acids is 1. The number of nitrogens with one attached hydrogen (secondary N) is 1. The lowest BCUT2D eigenvalue weighted by atomic mass is 10.1. The molecule has 1 aromatic carbocycles. The highest BCUT2D eigenvalue weighted by molar-refractivity contribution is 7.92. The minimum absolute atomic E-state index is 0.118. The Kier molecular flexibility index (Phi) is 2.99.